The molecule has 2 heteroatoms. The van der Waals surface area contributed by atoms with Crippen molar-refractivity contribution in [1.29, 1.82) is 0 Å². The largest absolute Gasteiger partial charge is 0.322 e. The molecular formula is C8H16BN. The van der Waals surface area contributed by atoms with Gasteiger partial charge in [0.1, 0.15) is 0 Å². The van der Waals surface area contributed by atoms with Crippen LogP contribution >= 0.6 is 0 Å². The van der Waals surface area contributed by atoms with Crippen molar-refractivity contribution in [2.75, 3.05) is 6.54 Å². The summed E-state index contributed by atoms with van der Waals surface area (Å²) in [5.74, 6) is 1.12. The minimum absolute atomic E-state index is 0.257. The van der Waals surface area contributed by atoms with Gasteiger partial charge in [-0.1, -0.05) is 13.3 Å². The summed E-state index contributed by atoms with van der Waals surface area (Å²) >= 11 is 0. The molecule has 1 saturated heterocycles. The van der Waals surface area contributed by atoms with Gasteiger partial charge in [-0.3, -0.25) is 0 Å². The second-order valence-electron chi connectivity index (χ2n) is 3.21. The van der Waals surface area contributed by atoms with E-state index in [9.17, 15) is 0 Å². The molecule has 0 bridgehead atoms. The molecular weight excluding hydrogens is 121 g/mol. The number of nitrogens with one attached hydrogen (secondary N) is 1. The lowest BCUT2D eigenvalue weighted by molar-refractivity contribution is 0.446. The highest BCUT2D eigenvalue weighted by atomic mass is 14.9. The number of hydrogen-bond acceptors (Lipinski definition) is 1. The van der Waals surface area contributed by atoms with Crippen molar-refractivity contribution in [3.63, 3.8) is 0 Å². The highest BCUT2D eigenvalue weighted by Crippen LogP contribution is 2.18. The van der Waals surface area contributed by atoms with Crippen LogP contribution in [0.25, 0.3) is 0 Å². The Kier molecular flexibility index (Phi) is 3.27. The maximum Gasteiger partial charge on any atom is 0.0906 e. The molecule has 10 heavy (non-hydrogen) atoms. The Morgan fingerprint density at radius 2 is 2.40 bits per heavy atom. The van der Waals surface area contributed by atoms with Crippen LogP contribution < -0.4 is 5.32 Å². The van der Waals surface area contributed by atoms with Gasteiger partial charge in [0.25, 0.3) is 0 Å². The number of hydrogen-bond donors (Lipinski definition) is 1. The Bertz CT molecular complexity index is 95.3. The average molecular weight is 137 g/mol. The van der Waals surface area contributed by atoms with Crippen LogP contribution in [-0.4, -0.2) is 20.3 Å². The third-order valence-electron chi connectivity index (χ3n) is 2.36. The maximum atomic E-state index is 5.79. The van der Waals surface area contributed by atoms with Crippen molar-refractivity contribution < 1.29 is 0 Å². The number of rotatable bonds is 1. The average Bonchev–Trinajstić information content (AvgIpc) is 2.13. The van der Waals surface area contributed by atoms with Gasteiger partial charge in [-0.05, 0) is 37.7 Å². The van der Waals surface area contributed by atoms with E-state index in [1.807, 2.05) is 0 Å². The van der Waals surface area contributed by atoms with E-state index in [2.05, 4.69) is 12.2 Å². The fourth-order valence-corrected chi connectivity index (χ4v) is 1.61. The van der Waals surface area contributed by atoms with Crippen LogP contribution in [0.5, 0.6) is 0 Å². The zero-order valence-corrected chi connectivity index (χ0v) is 6.77. The normalized spacial score (nSPS) is 35.3. The van der Waals surface area contributed by atoms with E-state index in [-0.39, 0.29) is 5.94 Å². The first-order valence-electron chi connectivity index (χ1n) is 4.32. The molecule has 1 N–H and O–H groups in total. The van der Waals surface area contributed by atoms with Crippen LogP contribution in [0.15, 0.2) is 0 Å². The van der Waals surface area contributed by atoms with Gasteiger partial charge >= 0.3 is 0 Å². The van der Waals surface area contributed by atoms with Crippen LogP contribution in [0.3, 0.4) is 0 Å². The van der Waals surface area contributed by atoms with Gasteiger partial charge < -0.3 is 5.32 Å². The Morgan fingerprint density at radius 1 is 1.60 bits per heavy atom. The lowest BCUT2D eigenvalue weighted by atomic mass is 9.85. The monoisotopic (exact) mass is 137 g/mol. The van der Waals surface area contributed by atoms with Crippen LogP contribution in [0, 0.1) is 5.92 Å². The molecule has 0 spiro atoms. The van der Waals surface area contributed by atoms with Crippen LogP contribution in [-0.2, 0) is 0 Å². The van der Waals surface area contributed by atoms with E-state index in [4.69, 9.17) is 7.85 Å². The molecule has 2 unspecified atom stereocenters. The molecule has 1 nitrogen and oxygen atoms in total. The molecule has 1 aliphatic heterocycles. The van der Waals surface area contributed by atoms with Crippen molar-refractivity contribution in [3.05, 3.63) is 0 Å². The molecule has 0 saturated carbocycles. The van der Waals surface area contributed by atoms with E-state index in [1.54, 1.807) is 0 Å². The molecule has 2 atom stereocenters. The van der Waals surface area contributed by atoms with E-state index >= 15 is 0 Å². The summed E-state index contributed by atoms with van der Waals surface area (Å²) < 4.78 is 0. The zero-order valence-electron chi connectivity index (χ0n) is 6.77. The van der Waals surface area contributed by atoms with E-state index in [1.165, 1.54) is 19.3 Å². The Morgan fingerprint density at radius 3 is 3.10 bits per heavy atom. The third-order valence-corrected chi connectivity index (χ3v) is 2.36. The van der Waals surface area contributed by atoms with Gasteiger partial charge in [-0.25, -0.2) is 0 Å². The van der Waals surface area contributed by atoms with Crippen molar-refractivity contribution >= 4 is 7.85 Å². The minimum atomic E-state index is 0.257. The summed E-state index contributed by atoms with van der Waals surface area (Å²) in [7, 11) is 5.79. The summed E-state index contributed by atoms with van der Waals surface area (Å²) in [6.07, 6.45) is 5.11. The quantitative estimate of drug-likeness (QED) is 0.537. The fourth-order valence-electron chi connectivity index (χ4n) is 1.61. The summed E-state index contributed by atoms with van der Waals surface area (Å²) in [5.41, 5.74) is 0. The summed E-state index contributed by atoms with van der Waals surface area (Å²) in [5, 5.41) is 3.29. The lowest BCUT2D eigenvalue weighted by Crippen LogP contribution is -2.29. The molecule has 0 aromatic heterocycles. The molecule has 1 heterocycles. The van der Waals surface area contributed by atoms with Gasteiger partial charge in [0, 0.05) is 0 Å². The third kappa shape index (κ3) is 2.33. The predicted octanol–water partition coefficient (Wildman–Crippen LogP) is 1.28. The van der Waals surface area contributed by atoms with E-state index in [0.717, 1.165) is 18.9 Å². The molecule has 1 aliphatic rings. The molecule has 0 aromatic rings. The van der Waals surface area contributed by atoms with E-state index < -0.39 is 0 Å². The molecule has 0 amide bonds. The topological polar surface area (TPSA) is 12.0 Å². The molecule has 2 radical (unpaired) electrons. The molecule has 1 fully saturated rings. The smallest absolute Gasteiger partial charge is 0.0906 e. The predicted molar refractivity (Wildman–Crippen MR) is 45.2 cm³/mol. The van der Waals surface area contributed by atoms with Gasteiger partial charge in [0.15, 0.2) is 0 Å². The lowest BCUT2D eigenvalue weighted by Gasteiger charge is -2.14. The minimum Gasteiger partial charge on any atom is -0.322 e. The Labute approximate surface area is 65.0 Å². The van der Waals surface area contributed by atoms with Crippen LogP contribution in [0.2, 0.25) is 0 Å². The van der Waals surface area contributed by atoms with Gasteiger partial charge in [0.05, 0.1) is 7.85 Å². The Hall–Kier alpha value is 0.0249. The molecule has 0 aromatic carbocycles. The van der Waals surface area contributed by atoms with Crippen molar-refractivity contribution in [3.8, 4) is 0 Å². The Balaban J connectivity index is 2.30. The highest BCUT2D eigenvalue weighted by Gasteiger charge is 2.13. The van der Waals surface area contributed by atoms with Crippen molar-refractivity contribution in [1.82, 2.24) is 5.32 Å². The molecule has 0 aliphatic carbocycles. The summed E-state index contributed by atoms with van der Waals surface area (Å²) in [6, 6.07) is 0. The van der Waals surface area contributed by atoms with Crippen LogP contribution in [0.4, 0.5) is 0 Å². The first-order valence-corrected chi connectivity index (χ1v) is 4.32. The standard InChI is InChI=1S/C8H16BN/c1-2-7-4-3-5-10-8(9)6-7/h7-8,10H,2-6H2,1H3. The molecule has 56 valence electrons. The second-order valence-corrected chi connectivity index (χ2v) is 3.21. The van der Waals surface area contributed by atoms with Crippen LogP contribution in [0.1, 0.15) is 32.6 Å². The first-order chi connectivity index (χ1) is 4.83. The van der Waals surface area contributed by atoms with Crippen molar-refractivity contribution in [2.45, 2.75) is 38.5 Å². The summed E-state index contributed by atoms with van der Waals surface area (Å²) in [6.45, 7) is 3.36. The molecule has 1 rings (SSSR count). The van der Waals surface area contributed by atoms with Gasteiger partial charge in [-0.15, -0.1) is 0 Å². The first kappa shape index (κ1) is 8.12. The van der Waals surface area contributed by atoms with Gasteiger partial charge in [-0.2, -0.15) is 0 Å². The highest BCUT2D eigenvalue weighted by molar-refractivity contribution is 6.11. The fraction of sp³-hybridized carbons (Fsp3) is 1.00. The second kappa shape index (κ2) is 4.02. The van der Waals surface area contributed by atoms with Crippen molar-refractivity contribution in [2.24, 2.45) is 5.92 Å². The maximum absolute atomic E-state index is 5.79. The van der Waals surface area contributed by atoms with Gasteiger partial charge in [0.2, 0.25) is 0 Å². The SMILES string of the molecule is [B]C1CC(CC)CCCN1. The summed E-state index contributed by atoms with van der Waals surface area (Å²) in [4.78, 5) is 0. The zero-order chi connectivity index (χ0) is 7.40. The van der Waals surface area contributed by atoms with E-state index in [0.29, 0.717) is 0 Å².